The van der Waals surface area contributed by atoms with Crippen molar-refractivity contribution in [2.24, 2.45) is 0 Å². The molecule has 3 heterocycles. The van der Waals surface area contributed by atoms with E-state index in [0.717, 1.165) is 37.7 Å². The van der Waals surface area contributed by atoms with Gasteiger partial charge in [-0.1, -0.05) is 24.1 Å². The quantitative estimate of drug-likeness (QED) is 0.135. The summed E-state index contributed by atoms with van der Waals surface area (Å²) in [7, 11) is 1.56. The molecule has 1 amide bonds. The number of pyridine rings is 2. The highest BCUT2D eigenvalue weighted by Gasteiger charge is 2.19. The Morgan fingerprint density at radius 3 is 2.44 bits per heavy atom. The Hall–Kier alpha value is -5.81. The zero-order chi connectivity index (χ0) is 36.2. The van der Waals surface area contributed by atoms with Gasteiger partial charge in [-0.15, -0.1) is 0 Å². The lowest BCUT2D eigenvalue weighted by atomic mass is 10.1. The van der Waals surface area contributed by atoms with Crippen molar-refractivity contribution in [3.8, 4) is 28.7 Å². The molecule has 266 valence electrons. The highest BCUT2D eigenvalue weighted by molar-refractivity contribution is 6.06. The third-order valence-corrected chi connectivity index (χ3v) is 9.25. The zero-order valence-corrected chi connectivity index (χ0v) is 29.0. The molecule has 1 saturated heterocycles. The molecular weight excluding hydrogens is 666 g/mol. The summed E-state index contributed by atoms with van der Waals surface area (Å²) >= 11 is 0. The molecule has 2 aromatic heterocycles. The number of aryl methyl sites for hydroxylation is 1. The first kappa shape index (κ1) is 34.6. The molecule has 52 heavy (non-hydrogen) atoms. The monoisotopic (exact) mass is 704 g/mol. The minimum Gasteiger partial charge on any atom is -0.493 e. The van der Waals surface area contributed by atoms with Gasteiger partial charge in [0.15, 0.2) is 23.1 Å². The highest BCUT2D eigenvalue weighted by atomic mass is 19.1. The van der Waals surface area contributed by atoms with Crippen LogP contribution in [-0.4, -0.2) is 53.7 Å². The third-order valence-electron chi connectivity index (χ3n) is 9.25. The number of ether oxygens (including phenoxy) is 3. The van der Waals surface area contributed by atoms with Gasteiger partial charge in [0.05, 0.1) is 24.8 Å². The predicted octanol–water partition coefficient (Wildman–Crippen LogP) is 8.43. The summed E-state index contributed by atoms with van der Waals surface area (Å²) in [5.41, 5.74) is 1.88. The van der Waals surface area contributed by atoms with Crippen molar-refractivity contribution >= 4 is 33.4 Å². The first-order valence-corrected chi connectivity index (χ1v) is 17.3. The van der Waals surface area contributed by atoms with Crippen molar-refractivity contribution < 1.29 is 27.8 Å². The number of anilines is 1. The standard InChI is InChI=1S/C41H38F2N4O5/c1-26-7-11-29(12-8-26)47-25-32(40(48)30-13-9-27(42)21-35(30)47)41(49)45-28-10-14-37(33(43)22-28)52-36-15-16-44-34-24-39(38(50-2)23-31(34)36)51-20-6-19-46-17-4-3-5-18-46/h7-16,21-25H,3-6,17-20H2,1-2H3,(H,45,49). The van der Waals surface area contributed by atoms with Crippen LogP contribution in [0.4, 0.5) is 14.5 Å². The van der Waals surface area contributed by atoms with E-state index in [1.807, 2.05) is 31.2 Å². The van der Waals surface area contributed by atoms with E-state index in [1.54, 1.807) is 36.1 Å². The molecule has 6 aromatic rings. The van der Waals surface area contributed by atoms with Gasteiger partial charge in [0.2, 0.25) is 5.43 Å². The van der Waals surface area contributed by atoms with Gasteiger partial charge < -0.3 is 29.0 Å². The molecule has 11 heteroatoms. The predicted molar refractivity (Wildman–Crippen MR) is 197 cm³/mol. The maximum Gasteiger partial charge on any atom is 0.261 e. The number of hydrogen-bond acceptors (Lipinski definition) is 7. The van der Waals surface area contributed by atoms with Gasteiger partial charge in [-0.3, -0.25) is 14.6 Å². The van der Waals surface area contributed by atoms with Crippen molar-refractivity contribution in [1.82, 2.24) is 14.5 Å². The van der Waals surface area contributed by atoms with Crippen LogP contribution < -0.4 is 25.0 Å². The molecule has 0 aliphatic carbocycles. The van der Waals surface area contributed by atoms with E-state index >= 15 is 4.39 Å². The molecular formula is C41H38F2N4O5. The summed E-state index contributed by atoms with van der Waals surface area (Å²) in [6.45, 7) is 5.72. The SMILES string of the molecule is COc1cc2c(Oc3ccc(NC(=O)c4cn(-c5ccc(C)cc5)c5cc(F)ccc5c4=O)cc3F)ccnc2cc1OCCCN1CCCCC1. The van der Waals surface area contributed by atoms with Gasteiger partial charge in [-0.25, -0.2) is 8.78 Å². The van der Waals surface area contributed by atoms with Crippen LogP contribution in [0.2, 0.25) is 0 Å². The largest absolute Gasteiger partial charge is 0.493 e. The molecule has 4 aromatic carbocycles. The fourth-order valence-corrected chi connectivity index (χ4v) is 6.50. The minimum atomic E-state index is -0.748. The third kappa shape index (κ3) is 7.45. The van der Waals surface area contributed by atoms with E-state index in [1.165, 1.54) is 55.8 Å². The molecule has 0 bridgehead atoms. The topological polar surface area (TPSA) is 94.9 Å². The molecule has 0 radical (unpaired) electrons. The van der Waals surface area contributed by atoms with Crippen LogP contribution in [0.5, 0.6) is 23.0 Å². The molecule has 0 spiro atoms. The number of aromatic nitrogens is 2. The lowest BCUT2D eigenvalue weighted by Crippen LogP contribution is -2.31. The summed E-state index contributed by atoms with van der Waals surface area (Å²) in [4.78, 5) is 33.8. The molecule has 1 N–H and O–H groups in total. The summed E-state index contributed by atoms with van der Waals surface area (Å²) in [6, 6.07) is 20.3. The molecule has 7 rings (SSSR count). The normalized spacial score (nSPS) is 13.3. The summed E-state index contributed by atoms with van der Waals surface area (Å²) in [6.07, 6.45) is 7.62. The second kappa shape index (κ2) is 15.2. The van der Waals surface area contributed by atoms with Gasteiger partial charge in [0.25, 0.3) is 5.91 Å². The van der Waals surface area contributed by atoms with Crippen LogP contribution in [0.3, 0.4) is 0 Å². The summed E-state index contributed by atoms with van der Waals surface area (Å²) in [5.74, 6) is -0.682. The van der Waals surface area contributed by atoms with Crippen molar-refractivity contribution in [1.29, 1.82) is 0 Å². The van der Waals surface area contributed by atoms with E-state index in [0.29, 0.717) is 46.0 Å². The van der Waals surface area contributed by atoms with Crippen LogP contribution in [0.1, 0.15) is 41.6 Å². The summed E-state index contributed by atoms with van der Waals surface area (Å²) < 4.78 is 49.1. The summed E-state index contributed by atoms with van der Waals surface area (Å²) in [5, 5.41) is 3.38. The number of carbonyl (C=O) groups excluding carboxylic acids is 1. The fourth-order valence-electron chi connectivity index (χ4n) is 6.50. The van der Waals surface area contributed by atoms with E-state index in [4.69, 9.17) is 14.2 Å². The minimum absolute atomic E-state index is 0.0861. The van der Waals surface area contributed by atoms with Gasteiger partial charge in [-0.05, 0) is 93.9 Å². The van der Waals surface area contributed by atoms with Gasteiger partial charge in [0.1, 0.15) is 17.1 Å². The molecule has 0 saturated carbocycles. The Morgan fingerprint density at radius 2 is 1.67 bits per heavy atom. The first-order valence-electron chi connectivity index (χ1n) is 17.3. The van der Waals surface area contributed by atoms with Crippen LogP contribution in [0, 0.1) is 18.6 Å². The number of methoxy groups -OCH3 is 1. The van der Waals surface area contributed by atoms with Crippen LogP contribution >= 0.6 is 0 Å². The maximum absolute atomic E-state index is 15.5. The Kier molecular flexibility index (Phi) is 10.1. The zero-order valence-electron chi connectivity index (χ0n) is 29.0. The number of fused-ring (bicyclic) bond motifs is 2. The number of halogens is 2. The van der Waals surface area contributed by atoms with Crippen LogP contribution in [0.15, 0.2) is 96.1 Å². The Bertz CT molecular complexity index is 2320. The molecule has 9 nitrogen and oxygen atoms in total. The van der Waals surface area contributed by atoms with Gasteiger partial charge >= 0.3 is 0 Å². The number of rotatable bonds is 11. The average Bonchev–Trinajstić information content (AvgIpc) is 3.15. The Morgan fingerprint density at radius 1 is 0.865 bits per heavy atom. The molecule has 1 aliphatic heterocycles. The second-order valence-electron chi connectivity index (χ2n) is 12.9. The Labute approximate surface area is 299 Å². The molecule has 0 unspecified atom stereocenters. The van der Waals surface area contributed by atoms with Crippen molar-refractivity contribution in [3.05, 3.63) is 124 Å². The number of nitrogens with one attached hydrogen (secondary N) is 1. The van der Waals surface area contributed by atoms with Crippen LogP contribution in [-0.2, 0) is 0 Å². The van der Waals surface area contributed by atoms with Crippen molar-refractivity contribution in [2.75, 3.05) is 38.7 Å². The van der Waals surface area contributed by atoms with E-state index < -0.39 is 23.0 Å². The average molecular weight is 705 g/mol. The second-order valence-corrected chi connectivity index (χ2v) is 12.9. The van der Waals surface area contributed by atoms with Crippen LogP contribution in [0.25, 0.3) is 27.5 Å². The molecule has 0 atom stereocenters. The lowest BCUT2D eigenvalue weighted by Gasteiger charge is -2.26. The van der Waals surface area contributed by atoms with Gasteiger partial charge in [-0.2, -0.15) is 0 Å². The van der Waals surface area contributed by atoms with E-state index in [9.17, 15) is 14.0 Å². The number of nitrogens with zero attached hydrogens (tertiary/aromatic N) is 3. The number of hydrogen-bond donors (Lipinski definition) is 1. The Balaban J connectivity index is 1.09. The highest BCUT2D eigenvalue weighted by Crippen LogP contribution is 2.38. The first-order chi connectivity index (χ1) is 25.3. The number of amides is 1. The fraction of sp³-hybridized carbons (Fsp3) is 0.244. The van der Waals surface area contributed by atoms with E-state index in [-0.39, 0.29) is 22.4 Å². The van der Waals surface area contributed by atoms with Gasteiger partial charge in [0, 0.05) is 53.2 Å². The molecule has 1 fully saturated rings. The lowest BCUT2D eigenvalue weighted by molar-refractivity contribution is 0.102. The number of benzene rings is 4. The smallest absolute Gasteiger partial charge is 0.261 e. The number of likely N-dealkylation sites (tertiary alicyclic amines) is 1. The van der Waals surface area contributed by atoms with Crippen molar-refractivity contribution in [3.63, 3.8) is 0 Å². The number of carbonyl (C=O) groups is 1. The maximum atomic E-state index is 15.5. The van der Waals surface area contributed by atoms with E-state index in [2.05, 4.69) is 15.2 Å². The van der Waals surface area contributed by atoms with Crippen molar-refractivity contribution in [2.45, 2.75) is 32.6 Å². The molecule has 1 aliphatic rings. The number of piperidine rings is 1.